The minimum Gasteiger partial charge on any atom is -0.465 e. The second kappa shape index (κ2) is 5.85. The minimum atomic E-state index is -0.962. The number of benzene rings is 1. The number of methoxy groups -OCH3 is 1. The molecular formula is C13H15FN2O4. The summed E-state index contributed by atoms with van der Waals surface area (Å²) >= 11 is 0. The van der Waals surface area contributed by atoms with Crippen LogP contribution in [0.15, 0.2) is 12.1 Å². The Morgan fingerprint density at radius 1 is 1.55 bits per heavy atom. The number of hydrogen-bond donors (Lipinski definition) is 1. The molecule has 0 saturated heterocycles. The maximum absolute atomic E-state index is 13.7. The van der Waals surface area contributed by atoms with Crippen LogP contribution in [-0.4, -0.2) is 24.5 Å². The van der Waals surface area contributed by atoms with Gasteiger partial charge >= 0.3 is 5.97 Å². The molecular weight excluding hydrogens is 267 g/mol. The van der Waals surface area contributed by atoms with Crippen LogP contribution in [0.3, 0.4) is 0 Å². The van der Waals surface area contributed by atoms with E-state index in [0.29, 0.717) is 12.5 Å². The van der Waals surface area contributed by atoms with E-state index in [1.807, 2.05) is 0 Å². The molecule has 1 fully saturated rings. The van der Waals surface area contributed by atoms with Gasteiger partial charge in [0.05, 0.1) is 23.7 Å². The Bertz CT molecular complexity index is 543. The van der Waals surface area contributed by atoms with E-state index in [1.54, 1.807) is 0 Å². The summed E-state index contributed by atoms with van der Waals surface area (Å²) in [6.45, 7) is 0.553. The fraction of sp³-hybridized carbons (Fsp3) is 0.462. The highest BCUT2D eigenvalue weighted by Crippen LogP contribution is 2.33. The number of halogens is 1. The standard InChI is InChI=1S/C13H15FN2O4/c1-20-13(17)9-6-11(15-5-4-8-2-3-8)12(16(18)19)7-10(9)14/h6-8,15H,2-5H2,1H3. The average Bonchev–Trinajstić information content (AvgIpc) is 3.23. The van der Waals surface area contributed by atoms with Crippen molar-refractivity contribution in [2.45, 2.75) is 19.3 Å². The number of ether oxygens (including phenoxy) is 1. The lowest BCUT2D eigenvalue weighted by Gasteiger charge is -2.09. The van der Waals surface area contributed by atoms with Crippen molar-refractivity contribution in [3.8, 4) is 0 Å². The quantitative estimate of drug-likeness (QED) is 0.493. The summed E-state index contributed by atoms with van der Waals surface area (Å²) in [6.07, 6.45) is 3.27. The molecule has 0 aliphatic heterocycles. The molecule has 0 radical (unpaired) electrons. The van der Waals surface area contributed by atoms with Gasteiger partial charge in [0, 0.05) is 6.54 Å². The van der Waals surface area contributed by atoms with Crippen molar-refractivity contribution in [3.63, 3.8) is 0 Å². The first-order chi connectivity index (χ1) is 9.52. The summed E-state index contributed by atoms with van der Waals surface area (Å²) in [7, 11) is 1.13. The number of carbonyl (C=O) groups is 1. The van der Waals surface area contributed by atoms with Crippen molar-refractivity contribution in [1.82, 2.24) is 0 Å². The number of nitrogens with one attached hydrogen (secondary N) is 1. The number of anilines is 1. The van der Waals surface area contributed by atoms with E-state index in [1.165, 1.54) is 12.8 Å². The Labute approximate surface area is 115 Å². The summed E-state index contributed by atoms with van der Waals surface area (Å²) < 4.78 is 18.1. The van der Waals surface area contributed by atoms with Crippen LogP contribution < -0.4 is 5.32 Å². The van der Waals surface area contributed by atoms with Crippen molar-refractivity contribution in [3.05, 3.63) is 33.6 Å². The third kappa shape index (κ3) is 3.23. The summed E-state index contributed by atoms with van der Waals surface area (Å²) in [4.78, 5) is 21.6. The van der Waals surface area contributed by atoms with Crippen LogP contribution in [0.5, 0.6) is 0 Å². The lowest BCUT2D eigenvalue weighted by molar-refractivity contribution is -0.384. The molecule has 0 bridgehead atoms. The van der Waals surface area contributed by atoms with Crippen LogP contribution in [0.4, 0.5) is 15.8 Å². The summed E-state index contributed by atoms with van der Waals surface area (Å²) in [5, 5.41) is 13.8. The molecule has 1 N–H and O–H groups in total. The maximum atomic E-state index is 13.7. The Kier molecular flexibility index (Phi) is 4.16. The van der Waals surface area contributed by atoms with Crippen LogP contribution in [0, 0.1) is 21.8 Å². The molecule has 2 rings (SSSR count). The van der Waals surface area contributed by atoms with Crippen molar-refractivity contribution >= 4 is 17.3 Å². The van der Waals surface area contributed by atoms with E-state index in [2.05, 4.69) is 10.1 Å². The summed E-state index contributed by atoms with van der Waals surface area (Å²) in [5.41, 5.74) is -0.560. The van der Waals surface area contributed by atoms with Crippen LogP contribution in [0.1, 0.15) is 29.6 Å². The Hall–Kier alpha value is -2.18. The van der Waals surface area contributed by atoms with E-state index >= 15 is 0 Å². The van der Waals surface area contributed by atoms with Crippen LogP contribution in [0.2, 0.25) is 0 Å². The number of esters is 1. The van der Waals surface area contributed by atoms with Gasteiger partial charge < -0.3 is 10.1 Å². The molecule has 0 spiro atoms. The van der Waals surface area contributed by atoms with Crippen molar-refractivity contribution < 1.29 is 18.8 Å². The molecule has 20 heavy (non-hydrogen) atoms. The maximum Gasteiger partial charge on any atom is 0.340 e. The van der Waals surface area contributed by atoms with E-state index in [-0.39, 0.29) is 16.9 Å². The van der Waals surface area contributed by atoms with Gasteiger partial charge in [-0.25, -0.2) is 9.18 Å². The lowest BCUT2D eigenvalue weighted by atomic mass is 10.1. The molecule has 1 aliphatic carbocycles. The zero-order chi connectivity index (χ0) is 14.7. The van der Waals surface area contributed by atoms with Crippen LogP contribution in [-0.2, 0) is 4.74 Å². The summed E-state index contributed by atoms with van der Waals surface area (Å²) in [6, 6.07) is 1.87. The summed E-state index contributed by atoms with van der Waals surface area (Å²) in [5.74, 6) is -1.15. The topological polar surface area (TPSA) is 81.5 Å². The molecule has 7 heteroatoms. The highest BCUT2D eigenvalue weighted by atomic mass is 19.1. The van der Waals surface area contributed by atoms with Crippen LogP contribution in [0.25, 0.3) is 0 Å². The molecule has 0 unspecified atom stereocenters. The lowest BCUT2D eigenvalue weighted by Crippen LogP contribution is -2.10. The number of nitro groups is 1. The van der Waals surface area contributed by atoms with Crippen molar-refractivity contribution in [2.75, 3.05) is 19.0 Å². The third-order valence-electron chi connectivity index (χ3n) is 3.25. The fourth-order valence-electron chi connectivity index (χ4n) is 1.94. The molecule has 0 heterocycles. The zero-order valence-electron chi connectivity index (χ0n) is 11.0. The molecule has 0 aromatic heterocycles. The molecule has 0 amide bonds. The fourth-order valence-corrected chi connectivity index (χ4v) is 1.94. The normalized spacial score (nSPS) is 13.9. The minimum absolute atomic E-state index is 0.137. The van der Waals surface area contributed by atoms with Gasteiger partial charge in [-0.15, -0.1) is 0 Å². The Morgan fingerprint density at radius 3 is 2.80 bits per heavy atom. The highest BCUT2D eigenvalue weighted by Gasteiger charge is 2.24. The van der Waals surface area contributed by atoms with Gasteiger partial charge in [0.1, 0.15) is 11.5 Å². The first-order valence-electron chi connectivity index (χ1n) is 6.33. The van der Waals surface area contributed by atoms with Gasteiger partial charge in [0.25, 0.3) is 5.69 Å². The van der Waals surface area contributed by atoms with Gasteiger partial charge in [0.2, 0.25) is 0 Å². The number of nitrogens with zero attached hydrogens (tertiary/aromatic N) is 1. The second-order valence-corrected chi connectivity index (χ2v) is 4.76. The van der Waals surface area contributed by atoms with Gasteiger partial charge in [0.15, 0.2) is 0 Å². The van der Waals surface area contributed by atoms with Gasteiger partial charge in [-0.3, -0.25) is 10.1 Å². The smallest absolute Gasteiger partial charge is 0.340 e. The monoisotopic (exact) mass is 282 g/mol. The highest BCUT2D eigenvalue weighted by molar-refractivity contribution is 5.91. The first-order valence-corrected chi connectivity index (χ1v) is 6.33. The molecule has 1 aliphatic rings. The predicted octanol–water partition coefficient (Wildman–Crippen LogP) is 2.73. The van der Waals surface area contributed by atoms with Gasteiger partial charge in [-0.05, 0) is 18.4 Å². The average molecular weight is 282 g/mol. The van der Waals surface area contributed by atoms with Gasteiger partial charge in [-0.2, -0.15) is 0 Å². The zero-order valence-corrected chi connectivity index (χ0v) is 11.0. The van der Waals surface area contributed by atoms with Crippen molar-refractivity contribution in [2.24, 2.45) is 5.92 Å². The van der Waals surface area contributed by atoms with E-state index < -0.39 is 16.7 Å². The first kappa shape index (κ1) is 14.2. The largest absolute Gasteiger partial charge is 0.465 e. The third-order valence-corrected chi connectivity index (χ3v) is 3.25. The van der Waals surface area contributed by atoms with Crippen molar-refractivity contribution in [1.29, 1.82) is 0 Å². The van der Waals surface area contributed by atoms with Crippen LogP contribution >= 0.6 is 0 Å². The Morgan fingerprint density at radius 2 is 2.25 bits per heavy atom. The number of hydrogen-bond acceptors (Lipinski definition) is 5. The SMILES string of the molecule is COC(=O)c1cc(NCCC2CC2)c([N+](=O)[O-])cc1F. The molecule has 6 nitrogen and oxygen atoms in total. The number of nitro benzene ring substituents is 1. The second-order valence-electron chi connectivity index (χ2n) is 4.76. The van der Waals surface area contributed by atoms with Gasteiger partial charge in [-0.1, -0.05) is 12.8 Å². The molecule has 1 aromatic rings. The number of carbonyl (C=O) groups excluding carboxylic acids is 1. The van der Waals surface area contributed by atoms with E-state index in [0.717, 1.165) is 25.7 Å². The van der Waals surface area contributed by atoms with E-state index in [4.69, 9.17) is 0 Å². The molecule has 0 atom stereocenters. The predicted molar refractivity (Wildman–Crippen MR) is 70.2 cm³/mol. The molecule has 1 saturated carbocycles. The molecule has 1 aromatic carbocycles. The Balaban J connectivity index is 2.23. The molecule has 108 valence electrons. The van der Waals surface area contributed by atoms with E-state index in [9.17, 15) is 19.3 Å². The number of rotatable bonds is 6.